The normalized spacial score (nSPS) is 24.3. The molecule has 0 saturated heterocycles. The number of imidazole rings is 1. The Bertz CT molecular complexity index is 714. The first-order valence-electron chi connectivity index (χ1n) is 7.96. The molecular formula is C17H21N3O2. The minimum absolute atomic E-state index is 0.0233. The number of fused-ring (bicyclic) bond motifs is 1. The van der Waals surface area contributed by atoms with Crippen molar-refractivity contribution in [1.29, 1.82) is 0 Å². The molecule has 2 fully saturated rings. The molecule has 0 atom stereocenters. The number of ether oxygens (including phenoxy) is 1. The van der Waals surface area contributed by atoms with Crippen molar-refractivity contribution in [2.24, 2.45) is 0 Å². The largest absolute Gasteiger partial charge is 0.381 e. The van der Waals surface area contributed by atoms with Gasteiger partial charge in [-0.05, 0) is 37.8 Å². The molecule has 0 bridgehead atoms. The molecule has 0 unspecified atom stereocenters. The number of hydrogen-bond acceptors (Lipinski definition) is 3. The van der Waals surface area contributed by atoms with Crippen LogP contribution in [0.3, 0.4) is 0 Å². The highest BCUT2D eigenvalue weighted by atomic mass is 16.5. The highest BCUT2D eigenvalue weighted by molar-refractivity contribution is 5.99. The maximum atomic E-state index is 12.9. The summed E-state index contributed by atoms with van der Waals surface area (Å²) in [5.74, 6) is 1.58. The van der Waals surface area contributed by atoms with Crippen LogP contribution in [0.1, 0.15) is 47.9 Å². The Kier molecular flexibility index (Phi) is 3.18. The number of carbonyl (C=O) groups is 1. The van der Waals surface area contributed by atoms with Crippen molar-refractivity contribution in [1.82, 2.24) is 14.3 Å². The van der Waals surface area contributed by atoms with Gasteiger partial charge >= 0.3 is 0 Å². The smallest absolute Gasteiger partial charge is 0.274 e. The summed E-state index contributed by atoms with van der Waals surface area (Å²) in [6, 6.07) is 6.21. The summed E-state index contributed by atoms with van der Waals surface area (Å²) in [6.45, 7) is 0. The van der Waals surface area contributed by atoms with E-state index in [0.29, 0.717) is 17.7 Å². The lowest BCUT2D eigenvalue weighted by Gasteiger charge is -2.40. The summed E-state index contributed by atoms with van der Waals surface area (Å²) in [6.07, 6.45) is 6.49. The maximum Gasteiger partial charge on any atom is 0.274 e. The van der Waals surface area contributed by atoms with Crippen LogP contribution in [0.4, 0.5) is 0 Å². The van der Waals surface area contributed by atoms with Gasteiger partial charge in [-0.15, -0.1) is 0 Å². The predicted molar refractivity (Wildman–Crippen MR) is 83.1 cm³/mol. The number of pyridine rings is 1. The Balaban J connectivity index is 1.64. The third-order valence-electron chi connectivity index (χ3n) is 4.99. The van der Waals surface area contributed by atoms with E-state index in [1.807, 2.05) is 36.3 Å². The molecule has 22 heavy (non-hydrogen) atoms. The SMILES string of the molecule is COC1CC(N(C)C(=O)c2nc(C3CC3)n3ccccc23)C1. The molecule has 2 aliphatic rings. The van der Waals surface area contributed by atoms with Crippen molar-refractivity contribution >= 4 is 11.4 Å². The lowest BCUT2D eigenvalue weighted by molar-refractivity contribution is -0.0145. The monoisotopic (exact) mass is 299 g/mol. The summed E-state index contributed by atoms with van der Waals surface area (Å²) < 4.78 is 7.39. The van der Waals surface area contributed by atoms with E-state index >= 15 is 0 Å². The Morgan fingerprint density at radius 3 is 2.82 bits per heavy atom. The van der Waals surface area contributed by atoms with E-state index in [0.717, 1.165) is 24.2 Å². The van der Waals surface area contributed by atoms with Gasteiger partial charge in [0.15, 0.2) is 5.69 Å². The first-order chi connectivity index (χ1) is 10.7. The van der Waals surface area contributed by atoms with E-state index in [2.05, 4.69) is 4.40 Å². The van der Waals surface area contributed by atoms with Gasteiger partial charge in [0.25, 0.3) is 5.91 Å². The molecule has 0 radical (unpaired) electrons. The lowest BCUT2D eigenvalue weighted by Crippen LogP contribution is -2.48. The van der Waals surface area contributed by atoms with Crippen molar-refractivity contribution in [3.05, 3.63) is 35.9 Å². The minimum Gasteiger partial charge on any atom is -0.381 e. The number of rotatable bonds is 4. The van der Waals surface area contributed by atoms with Gasteiger partial charge in [-0.1, -0.05) is 6.07 Å². The summed E-state index contributed by atoms with van der Waals surface area (Å²) >= 11 is 0. The fourth-order valence-corrected chi connectivity index (χ4v) is 3.23. The van der Waals surface area contributed by atoms with E-state index in [1.54, 1.807) is 7.11 Å². The zero-order valence-corrected chi connectivity index (χ0v) is 13.0. The highest BCUT2D eigenvalue weighted by Crippen LogP contribution is 2.40. The Morgan fingerprint density at radius 2 is 2.14 bits per heavy atom. The molecule has 2 aromatic rings. The maximum absolute atomic E-state index is 12.9. The number of hydrogen-bond donors (Lipinski definition) is 0. The zero-order valence-electron chi connectivity index (χ0n) is 13.0. The lowest BCUT2D eigenvalue weighted by atomic mass is 9.88. The second kappa shape index (κ2) is 5.09. The molecule has 0 N–H and O–H groups in total. The number of nitrogens with zero attached hydrogens (tertiary/aromatic N) is 3. The molecule has 1 amide bonds. The van der Waals surface area contributed by atoms with Crippen molar-refractivity contribution in [2.45, 2.75) is 43.7 Å². The summed E-state index contributed by atoms with van der Waals surface area (Å²) in [4.78, 5) is 19.4. The Labute approximate surface area is 129 Å². The number of aromatic nitrogens is 2. The first kappa shape index (κ1) is 13.8. The van der Waals surface area contributed by atoms with Crippen LogP contribution in [0, 0.1) is 0 Å². The Hall–Kier alpha value is -1.88. The molecule has 5 nitrogen and oxygen atoms in total. The van der Waals surface area contributed by atoms with E-state index in [9.17, 15) is 4.79 Å². The van der Waals surface area contributed by atoms with E-state index in [-0.39, 0.29) is 11.9 Å². The number of carbonyl (C=O) groups excluding carboxylic acids is 1. The molecule has 2 aromatic heterocycles. The van der Waals surface area contributed by atoms with Crippen molar-refractivity contribution in [3.8, 4) is 0 Å². The van der Waals surface area contributed by atoms with Crippen LogP contribution >= 0.6 is 0 Å². The van der Waals surface area contributed by atoms with Crippen LogP contribution in [0.5, 0.6) is 0 Å². The van der Waals surface area contributed by atoms with Crippen LogP contribution in [0.2, 0.25) is 0 Å². The molecule has 0 aromatic carbocycles. The number of amides is 1. The third kappa shape index (κ3) is 2.11. The zero-order chi connectivity index (χ0) is 15.3. The van der Waals surface area contributed by atoms with Crippen LogP contribution in [0.25, 0.3) is 5.52 Å². The molecule has 2 saturated carbocycles. The Morgan fingerprint density at radius 1 is 1.36 bits per heavy atom. The number of methoxy groups -OCH3 is 1. The van der Waals surface area contributed by atoms with Gasteiger partial charge in [0.1, 0.15) is 5.82 Å². The average Bonchev–Trinajstić information content (AvgIpc) is 3.26. The van der Waals surface area contributed by atoms with Crippen LogP contribution in [-0.2, 0) is 4.74 Å². The topological polar surface area (TPSA) is 46.8 Å². The molecule has 4 rings (SSSR count). The fourth-order valence-electron chi connectivity index (χ4n) is 3.23. The van der Waals surface area contributed by atoms with Gasteiger partial charge in [-0.25, -0.2) is 4.98 Å². The third-order valence-corrected chi connectivity index (χ3v) is 4.99. The molecule has 116 valence electrons. The molecule has 2 heterocycles. The minimum atomic E-state index is 0.0233. The van der Waals surface area contributed by atoms with Crippen molar-refractivity contribution in [3.63, 3.8) is 0 Å². The van der Waals surface area contributed by atoms with Crippen LogP contribution < -0.4 is 0 Å². The second-order valence-corrected chi connectivity index (χ2v) is 6.45. The molecule has 0 spiro atoms. The van der Waals surface area contributed by atoms with Gasteiger partial charge in [0.05, 0.1) is 11.6 Å². The van der Waals surface area contributed by atoms with E-state index < -0.39 is 0 Å². The molecule has 2 aliphatic carbocycles. The highest BCUT2D eigenvalue weighted by Gasteiger charge is 2.36. The van der Waals surface area contributed by atoms with Crippen molar-refractivity contribution in [2.75, 3.05) is 14.2 Å². The molecule has 0 aliphatic heterocycles. The molecule has 5 heteroatoms. The van der Waals surface area contributed by atoms with Gasteiger partial charge in [-0.2, -0.15) is 0 Å². The summed E-state index contributed by atoms with van der Waals surface area (Å²) in [5.41, 5.74) is 1.51. The molecular weight excluding hydrogens is 278 g/mol. The quantitative estimate of drug-likeness (QED) is 0.871. The predicted octanol–water partition coefficient (Wildman–Crippen LogP) is 2.46. The van der Waals surface area contributed by atoms with Crippen LogP contribution in [0.15, 0.2) is 24.4 Å². The van der Waals surface area contributed by atoms with E-state index in [1.165, 1.54) is 12.8 Å². The van der Waals surface area contributed by atoms with Gasteiger partial charge in [0.2, 0.25) is 0 Å². The fraction of sp³-hybridized carbons (Fsp3) is 0.529. The van der Waals surface area contributed by atoms with Gasteiger partial charge in [-0.3, -0.25) is 4.79 Å². The second-order valence-electron chi connectivity index (χ2n) is 6.45. The summed E-state index contributed by atoms with van der Waals surface area (Å²) in [5, 5.41) is 0. The average molecular weight is 299 g/mol. The standard InChI is InChI=1S/C17H21N3O2/c1-19(12-9-13(10-12)22-2)17(21)15-14-5-3-4-8-20(14)16(18-15)11-6-7-11/h3-5,8,11-13H,6-7,9-10H2,1-2H3. The van der Waals surface area contributed by atoms with Gasteiger partial charge in [0, 0.05) is 32.3 Å². The summed E-state index contributed by atoms with van der Waals surface area (Å²) in [7, 11) is 3.61. The van der Waals surface area contributed by atoms with Gasteiger partial charge < -0.3 is 14.0 Å². The van der Waals surface area contributed by atoms with Crippen LogP contribution in [-0.4, -0.2) is 46.5 Å². The van der Waals surface area contributed by atoms with E-state index in [4.69, 9.17) is 9.72 Å². The van der Waals surface area contributed by atoms with Crippen molar-refractivity contribution < 1.29 is 9.53 Å². The first-order valence-corrected chi connectivity index (χ1v) is 7.96.